The number of amides is 2. The lowest BCUT2D eigenvalue weighted by Crippen LogP contribution is -2.29. The van der Waals surface area contributed by atoms with E-state index in [1.807, 2.05) is 0 Å². The Labute approximate surface area is 117 Å². The van der Waals surface area contributed by atoms with E-state index in [0.717, 1.165) is 19.3 Å². The van der Waals surface area contributed by atoms with Crippen LogP contribution in [0, 0.1) is 0 Å². The van der Waals surface area contributed by atoms with Gasteiger partial charge in [0.05, 0.1) is 0 Å². The second kappa shape index (κ2) is 7.00. The predicted molar refractivity (Wildman–Crippen MR) is 73.6 cm³/mol. The summed E-state index contributed by atoms with van der Waals surface area (Å²) < 4.78 is 4.90. The van der Waals surface area contributed by atoms with E-state index in [4.69, 9.17) is 4.74 Å². The highest BCUT2D eigenvalue weighted by Gasteiger charge is 2.24. The number of carbonyl (C=O) groups excluding carboxylic acids is 2. The van der Waals surface area contributed by atoms with E-state index in [1.54, 1.807) is 25.3 Å². The number of hydrogen-bond acceptors (Lipinski definition) is 4. The Balaban J connectivity index is 1.90. The fourth-order valence-corrected chi connectivity index (χ4v) is 1.68. The van der Waals surface area contributed by atoms with Crippen LogP contribution in [-0.4, -0.2) is 43.1 Å². The monoisotopic (exact) mass is 277 g/mol. The summed E-state index contributed by atoms with van der Waals surface area (Å²) in [5.74, 6) is -0.497. The molecule has 1 saturated carbocycles. The van der Waals surface area contributed by atoms with Crippen molar-refractivity contribution in [2.75, 3.05) is 20.3 Å². The third-order valence-electron chi connectivity index (χ3n) is 2.94. The Morgan fingerprint density at radius 2 is 2.00 bits per heavy atom. The summed E-state index contributed by atoms with van der Waals surface area (Å²) in [6.07, 6.45) is 2.78. The smallest absolute Gasteiger partial charge is 0.270 e. The third kappa shape index (κ3) is 4.31. The lowest BCUT2D eigenvalue weighted by Gasteiger charge is -2.06. The van der Waals surface area contributed by atoms with Crippen molar-refractivity contribution in [3.63, 3.8) is 0 Å². The fraction of sp³-hybridized carbons (Fsp3) is 0.500. The van der Waals surface area contributed by atoms with Gasteiger partial charge in [0.25, 0.3) is 11.8 Å². The highest BCUT2D eigenvalue weighted by atomic mass is 16.5. The van der Waals surface area contributed by atoms with Crippen LogP contribution < -0.4 is 10.6 Å². The normalized spacial score (nSPS) is 13.8. The zero-order valence-electron chi connectivity index (χ0n) is 11.5. The standard InChI is InChI=1S/C14H19N3O3/c1-20-9-3-8-15-13(18)11-4-2-5-12(17-11)14(19)16-10-6-7-10/h2,4-5,10H,3,6-9H2,1H3,(H,15,18)(H,16,19). The van der Waals surface area contributed by atoms with Gasteiger partial charge in [0.1, 0.15) is 11.4 Å². The first-order chi connectivity index (χ1) is 9.70. The molecule has 0 radical (unpaired) electrons. The Kier molecular flexibility index (Phi) is 5.06. The molecule has 6 heteroatoms. The molecule has 108 valence electrons. The van der Waals surface area contributed by atoms with Gasteiger partial charge in [-0.15, -0.1) is 0 Å². The largest absolute Gasteiger partial charge is 0.385 e. The molecule has 2 amide bonds. The molecule has 1 aliphatic rings. The number of nitrogens with one attached hydrogen (secondary N) is 2. The summed E-state index contributed by atoms with van der Waals surface area (Å²) in [6.45, 7) is 1.12. The summed E-state index contributed by atoms with van der Waals surface area (Å²) in [4.78, 5) is 27.8. The second-order valence-electron chi connectivity index (χ2n) is 4.76. The van der Waals surface area contributed by atoms with Crippen LogP contribution in [0.4, 0.5) is 0 Å². The molecule has 1 fully saturated rings. The number of aromatic nitrogens is 1. The van der Waals surface area contributed by atoms with Crippen molar-refractivity contribution in [3.05, 3.63) is 29.6 Å². The topological polar surface area (TPSA) is 80.3 Å². The van der Waals surface area contributed by atoms with Gasteiger partial charge in [0, 0.05) is 26.3 Å². The number of ether oxygens (including phenoxy) is 1. The van der Waals surface area contributed by atoms with Gasteiger partial charge in [0.2, 0.25) is 0 Å². The van der Waals surface area contributed by atoms with E-state index in [1.165, 1.54) is 0 Å². The molecule has 1 heterocycles. The lowest BCUT2D eigenvalue weighted by molar-refractivity contribution is 0.0940. The summed E-state index contributed by atoms with van der Waals surface area (Å²) in [6, 6.07) is 5.15. The minimum absolute atomic E-state index is 0.221. The molecular weight excluding hydrogens is 258 g/mol. The van der Waals surface area contributed by atoms with Gasteiger partial charge in [0.15, 0.2) is 0 Å². The number of carbonyl (C=O) groups is 2. The van der Waals surface area contributed by atoms with E-state index in [-0.39, 0.29) is 29.2 Å². The molecule has 0 aromatic carbocycles. The molecule has 0 spiro atoms. The van der Waals surface area contributed by atoms with Crippen LogP contribution in [0.3, 0.4) is 0 Å². The highest BCUT2D eigenvalue weighted by Crippen LogP contribution is 2.19. The molecule has 0 bridgehead atoms. The first kappa shape index (κ1) is 14.5. The summed E-state index contributed by atoms with van der Waals surface area (Å²) in [5, 5.41) is 5.59. The SMILES string of the molecule is COCCCNC(=O)c1cccc(C(=O)NC2CC2)n1. The molecule has 20 heavy (non-hydrogen) atoms. The van der Waals surface area contributed by atoms with Crippen LogP contribution >= 0.6 is 0 Å². The maximum Gasteiger partial charge on any atom is 0.270 e. The zero-order chi connectivity index (χ0) is 14.4. The Morgan fingerprint density at radius 3 is 2.65 bits per heavy atom. The van der Waals surface area contributed by atoms with Crippen molar-refractivity contribution in [1.29, 1.82) is 0 Å². The van der Waals surface area contributed by atoms with Crippen molar-refractivity contribution in [3.8, 4) is 0 Å². The minimum Gasteiger partial charge on any atom is -0.385 e. The molecule has 2 rings (SSSR count). The summed E-state index contributed by atoms with van der Waals surface area (Å²) >= 11 is 0. The maximum absolute atomic E-state index is 11.9. The molecule has 0 unspecified atom stereocenters. The van der Waals surface area contributed by atoms with E-state index in [9.17, 15) is 9.59 Å². The predicted octanol–water partition coefficient (Wildman–Crippen LogP) is 0.740. The Bertz CT molecular complexity index is 486. The average Bonchev–Trinajstić information content (AvgIpc) is 3.27. The second-order valence-corrected chi connectivity index (χ2v) is 4.76. The molecular formula is C14H19N3O3. The van der Waals surface area contributed by atoms with Crippen LogP contribution in [-0.2, 0) is 4.74 Å². The van der Waals surface area contributed by atoms with E-state index in [0.29, 0.717) is 13.2 Å². The van der Waals surface area contributed by atoms with Gasteiger partial charge < -0.3 is 15.4 Å². The van der Waals surface area contributed by atoms with Crippen molar-refractivity contribution in [1.82, 2.24) is 15.6 Å². The molecule has 2 N–H and O–H groups in total. The Hall–Kier alpha value is -1.95. The zero-order valence-corrected chi connectivity index (χ0v) is 11.5. The Morgan fingerprint density at radius 1 is 1.30 bits per heavy atom. The lowest BCUT2D eigenvalue weighted by atomic mass is 10.2. The first-order valence-corrected chi connectivity index (χ1v) is 6.76. The van der Waals surface area contributed by atoms with E-state index >= 15 is 0 Å². The van der Waals surface area contributed by atoms with Gasteiger partial charge in [-0.25, -0.2) is 4.98 Å². The van der Waals surface area contributed by atoms with Gasteiger partial charge in [-0.2, -0.15) is 0 Å². The highest BCUT2D eigenvalue weighted by molar-refractivity contribution is 5.96. The summed E-state index contributed by atoms with van der Waals surface area (Å²) in [7, 11) is 1.62. The van der Waals surface area contributed by atoms with E-state index < -0.39 is 0 Å². The number of nitrogens with zero attached hydrogens (tertiary/aromatic N) is 1. The fourth-order valence-electron chi connectivity index (χ4n) is 1.68. The summed E-state index contributed by atoms with van der Waals surface area (Å²) in [5.41, 5.74) is 0.535. The molecule has 1 aromatic rings. The molecule has 0 aliphatic heterocycles. The van der Waals surface area contributed by atoms with Crippen LogP contribution in [0.2, 0.25) is 0 Å². The number of hydrogen-bond donors (Lipinski definition) is 2. The van der Waals surface area contributed by atoms with Crippen LogP contribution in [0.1, 0.15) is 40.2 Å². The molecule has 6 nitrogen and oxygen atoms in total. The van der Waals surface area contributed by atoms with Crippen molar-refractivity contribution >= 4 is 11.8 Å². The quantitative estimate of drug-likeness (QED) is 0.720. The maximum atomic E-state index is 11.9. The van der Waals surface area contributed by atoms with Crippen LogP contribution in [0.5, 0.6) is 0 Å². The average molecular weight is 277 g/mol. The van der Waals surface area contributed by atoms with E-state index in [2.05, 4.69) is 15.6 Å². The van der Waals surface area contributed by atoms with Crippen LogP contribution in [0.15, 0.2) is 18.2 Å². The number of methoxy groups -OCH3 is 1. The van der Waals surface area contributed by atoms with Crippen molar-refractivity contribution < 1.29 is 14.3 Å². The molecule has 1 aliphatic carbocycles. The third-order valence-corrected chi connectivity index (χ3v) is 2.94. The minimum atomic E-state index is -0.276. The van der Waals surface area contributed by atoms with Gasteiger partial charge in [-0.1, -0.05) is 6.07 Å². The van der Waals surface area contributed by atoms with Gasteiger partial charge >= 0.3 is 0 Å². The number of pyridine rings is 1. The van der Waals surface area contributed by atoms with Gasteiger partial charge in [-0.05, 0) is 31.4 Å². The van der Waals surface area contributed by atoms with Crippen LogP contribution in [0.25, 0.3) is 0 Å². The first-order valence-electron chi connectivity index (χ1n) is 6.76. The number of rotatable bonds is 7. The molecule has 0 saturated heterocycles. The molecule has 1 aromatic heterocycles. The van der Waals surface area contributed by atoms with Gasteiger partial charge in [-0.3, -0.25) is 9.59 Å². The molecule has 0 atom stereocenters. The van der Waals surface area contributed by atoms with Crippen molar-refractivity contribution in [2.24, 2.45) is 0 Å². The van der Waals surface area contributed by atoms with Crippen molar-refractivity contribution in [2.45, 2.75) is 25.3 Å².